The summed E-state index contributed by atoms with van der Waals surface area (Å²) in [6, 6.07) is 10.00. The Labute approximate surface area is 113 Å². The molecule has 1 aliphatic rings. The maximum Gasteiger partial charge on any atom is 0.0726 e. The highest BCUT2D eigenvalue weighted by Crippen LogP contribution is 2.21. The summed E-state index contributed by atoms with van der Waals surface area (Å²) in [4.78, 5) is 7.06. The van der Waals surface area contributed by atoms with Gasteiger partial charge in [0.1, 0.15) is 0 Å². The van der Waals surface area contributed by atoms with Crippen LogP contribution in [0.5, 0.6) is 0 Å². The lowest BCUT2D eigenvalue weighted by molar-refractivity contribution is -0.0215. The van der Waals surface area contributed by atoms with Crippen LogP contribution in [0.25, 0.3) is 10.9 Å². The Kier molecular flexibility index (Phi) is 3.36. The van der Waals surface area contributed by atoms with Crippen LogP contribution in [0.4, 0.5) is 5.69 Å². The number of anilines is 1. The van der Waals surface area contributed by atoms with Crippen molar-refractivity contribution in [1.29, 1.82) is 0 Å². The van der Waals surface area contributed by atoms with Crippen molar-refractivity contribution < 1.29 is 4.74 Å². The van der Waals surface area contributed by atoms with E-state index in [9.17, 15) is 0 Å². The Hall–Kier alpha value is -1.65. The summed E-state index contributed by atoms with van der Waals surface area (Å²) in [6.07, 6.45) is 0.298. The molecule has 0 spiro atoms. The van der Waals surface area contributed by atoms with Gasteiger partial charge in [-0.25, -0.2) is 0 Å². The van der Waals surface area contributed by atoms with Gasteiger partial charge in [-0.2, -0.15) is 0 Å². The second-order valence-corrected chi connectivity index (χ2v) is 5.14. The van der Waals surface area contributed by atoms with Crippen molar-refractivity contribution in [2.24, 2.45) is 0 Å². The summed E-state index contributed by atoms with van der Waals surface area (Å²) >= 11 is 0. The normalized spacial score (nSPS) is 20.8. The van der Waals surface area contributed by atoms with Gasteiger partial charge in [-0.3, -0.25) is 9.88 Å². The fourth-order valence-corrected chi connectivity index (χ4v) is 2.60. The SMILES string of the molecule is CC1CN(Cc2cc(N)c3ccccc3n2)CCO1. The summed E-state index contributed by atoms with van der Waals surface area (Å²) in [5.41, 5.74) is 8.92. The number of aromatic nitrogens is 1. The van der Waals surface area contributed by atoms with Crippen LogP contribution in [-0.4, -0.2) is 35.7 Å². The van der Waals surface area contributed by atoms with Gasteiger partial charge in [-0.1, -0.05) is 18.2 Å². The lowest BCUT2D eigenvalue weighted by Gasteiger charge is -2.30. The van der Waals surface area contributed by atoms with E-state index < -0.39 is 0 Å². The predicted molar refractivity (Wildman–Crippen MR) is 76.8 cm³/mol. The molecule has 0 aliphatic carbocycles. The molecule has 1 atom stereocenters. The van der Waals surface area contributed by atoms with Crippen LogP contribution in [0.2, 0.25) is 0 Å². The number of ether oxygens (including phenoxy) is 1. The number of nitrogens with two attached hydrogens (primary N) is 1. The smallest absolute Gasteiger partial charge is 0.0726 e. The predicted octanol–water partition coefficient (Wildman–Crippen LogP) is 2.04. The molecule has 2 aromatic rings. The Morgan fingerprint density at radius 2 is 2.26 bits per heavy atom. The molecule has 1 aliphatic heterocycles. The maximum atomic E-state index is 6.11. The zero-order valence-corrected chi connectivity index (χ0v) is 11.2. The van der Waals surface area contributed by atoms with Crippen molar-refractivity contribution in [2.75, 3.05) is 25.4 Å². The topological polar surface area (TPSA) is 51.4 Å². The van der Waals surface area contributed by atoms with E-state index in [1.165, 1.54) is 0 Å². The Balaban J connectivity index is 1.85. The number of benzene rings is 1. The maximum absolute atomic E-state index is 6.11. The summed E-state index contributed by atoms with van der Waals surface area (Å²) in [7, 11) is 0. The molecule has 1 unspecified atom stereocenters. The molecule has 4 nitrogen and oxygen atoms in total. The lowest BCUT2D eigenvalue weighted by atomic mass is 10.1. The van der Waals surface area contributed by atoms with E-state index >= 15 is 0 Å². The third kappa shape index (κ3) is 2.69. The van der Waals surface area contributed by atoms with Crippen LogP contribution in [0.3, 0.4) is 0 Å². The van der Waals surface area contributed by atoms with Crippen LogP contribution in [0.1, 0.15) is 12.6 Å². The molecule has 19 heavy (non-hydrogen) atoms. The van der Waals surface area contributed by atoms with E-state index in [1.807, 2.05) is 30.3 Å². The molecule has 0 amide bonds. The van der Waals surface area contributed by atoms with Gasteiger partial charge in [0.05, 0.1) is 23.9 Å². The highest BCUT2D eigenvalue weighted by molar-refractivity contribution is 5.90. The van der Waals surface area contributed by atoms with Gasteiger partial charge >= 0.3 is 0 Å². The number of morpholine rings is 1. The fourth-order valence-electron chi connectivity index (χ4n) is 2.60. The molecule has 0 radical (unpaired) electrons. The van der Waals surface area contributed by atoms with E-state index in [1.54, 1.807) is 0 Å². The average molecular weight is 257 g/mol. The lowest BCUT2D eigenvalue weighted by Crippen LogP contribution is -2.40. The fraction of sp³-hybridized carbons (Fsp3) is 0.400. The van der Waals surface area contributed by atoms with Crippen molar-refractivity contribution >= 4 is 16.6 Å². The van der Waals surface area contributed by atoms with E-state index in [0.29, 0.717) is 6.10 Å². The molecule has 1 saturated heterocycles. The van der Waals surface area contributed by atoms with Gasteiger partial charge in [-0.05, 0) is 19.1 Å². The number of hydrogen-bond acceptors (Lipinski definition) is 4. The molecule has 3 rings (SSSR count). The number of nitrogens with zero attached hydrogens (tertiary/aromatic N) is 2. The molecule has 1 aromatic heterocycles. The van der Waals surface area contributed by atoms with Crippen LogP contribution in [0.15, 0.2) is 30.3 Å². The van der Waals surface area contributed by atoms with Gasteiger partial charge in [0.25, 0.3) is 0 Å². The second-order valence-electron chi connectivity index (χ2n) is 5.14. The van der Waals surface area contributed by atoms with E-state index in [0.717, 1.165) is 48.5 Å². The van der Waals surface area contributed by atoms with Gasteiger partial charge in [0.15, 0.2) is 0 Å². The summed E-state index contributed by atoms with van der Waals surface area (Å²) in [6.45, 7) is 5.65. The molecule has 0 bridgehead atoms. The zero-order chi connectivity index (χ0) is 13.2. The molecule has 100 valence electrons. The highest BCUT2D eigenvalue weighted by atomic mass is 16.5. The highest BCUT2D eigenvalue weighted by Gasteiger charge is 2.17. The zero-order valence-electron chi connectivity index (χ0n) is 11.2. The average Bonchev–Trinajstić information content (AvgIpc) is 2.39. The first kappa shape index (κ1) is 12.4. The first-order chi connectivity index (χ1) is 9.22. The van der Waals surface area contributed by atoms with Crippen LogP contribution in [0, 0.1) is 0 Å². The van der Waals surface area contributed by atoms with Gasteiger partial charge in [0.2, 0.25) is 0 Å². The molecular formula is C15H19N3O. The van der Waals surface area contributed by atoms with Crippen LogP contribution >= 0.6 is 0 Å². The molecule has 0 saturated carbocycles. The van der Waals surface area contributed by atoms with Crippen molar-refractivity contribution in [3.05, 3.63) is 36.0 Å². The number of pyridine rings is 1. The molecule has 2 heterocycles. The quantitative estimate of drug-likeness (QED) is 0.894. The van der Waals surface area contributed by atoms with Gasteiger partial charge in [0, 0.05) is 30.7 Å². The van der Waals surface area contributed by atoms with E-state index in [-0.39, 0.29) is 0 Å². The van der Waals surface area contributed by atoms with E-state index in [4.69, 9.17) is 15.5 Å². The van der Waals surface area contributed by atoms with Crippen LogP contribution in [-0.2, 0) is 11.3 Å². The number of para-hydroxylation sites is 1. The minimum absolute atomic E-state index is 0.298. The third-order valence-electron chi connectivity index (χ3n) is 3.51. The molecule has 2 N–H and O–H groups in total. The molecule has 1 fully saturated rings. The number of rotatable bonds is 2. The Bertz CT molecular complexity index is 585. The second kappa shape index (κ2) is 5.15. The number of nitrogen functional groups attached to an aromatic ring is 1. The number of hydrogen-bond donors (Lipinski definition) is 1. The van der Waals surface area contributed by atoms with Gasteiger partial charge < -0.3 is 10.5 Å². The number of fused-ring (bicyclic) bond motifs is 1. The standard InChI is InChI=1S/C15H19N3O/c1-11-9-18(6-7-19-11)10-12-8-14(16)13-4-2-3-5-15(13)17-12/h2-5,8,11H,6-7,9-10H2,1H3,(H2,16,17). The molecule has 4 heteroatoms. The Morgan fingerprint density at radius 1 is 1.42 bits per heavy atom. The van der Waals surface area contributed by atoms with E-state index in [2.05, 4.69) is 11.8 Å². The largest absolute Gasteiger partial charge is 0.398 e. The van der Waals surface area contributed by atoms with Crippen molar-refractivity contribution in [1.82, 2.24) is 9.88 Å². The minimum Gasteiger partial charge on any atom is -0.398 e. The monoisotopic (exact) mass is 257 g/mol. The summed E-state index contributed by atoms with van der Waals surface area (Å²) < 4.78 is 5.55. The first-order valence-electron chi connectivity index (χ1n) is 6.70. The van der Waals surface area contributed by atoms with Crippen molar-refractivity contribution in [2.45, 2.75) is 19.6 Å². The molecular weight excluding hydrogens is 238 g/mol. The van der Waals surface area contributed by atoms with Crippen molar-refractivity contribution in [3.63, 3.8) is 0 Å². The van der Waals surface area contributed by atoms with Gasteiger partial charge in [-0.15, -0.1) is 0 Å². The van der Waals surface area contributed by atoms with Crippen LogP contribution < -0.4 is 5.73 Å². The Morgan fingerprint density at radius 3 is 3.11 bits per heavy atom. The third-order valence-corrected chi connectivity index (χ3v) is 3.51. The molecule has 1 aromatic carbocycles. The van der Waals surface area contributed by atoms with Crippen molar-refractivity contribution in [3.8, 4) is 0 Å². The minimum atomic E-state index is 0.298. The summed E-state index contributed by atoms with van der Waals surface area (Å²) in [5.74, 6) is 0. The first-order valence-corrected chi connectivity index (χ1v) is 6.70. The summed E-state index contributed by atoms with van der Waals surface area (Å²) in [5, 5.41) is 1.03.